The monoisotopic (exact) mass is 542 g/mol. The molecule has 1 aromatic carbocycles. The molecule has 0 spiro atoms. The Morgan fingerprint density at radius 2 is 2.17 bits per heavy atom. The van der Waals surface area contributed by atoms with Gasteiger partial charge in [-0.3, -0.25) is 14.7 Å². The maximum absolute atomic E-state index is 14.4. The number of nitrogens with one attached hydrogen (secondary N) is 1. The van der Waals surface area contributed by atoms with Crippen molar-refractivity contribution in [2.75, 3.05) is 19.7 Å². The third-order valence-corrected chi connectivity index (χ3v) is 7.02. The zero-order valence-electron chi connectivity index (χ0n) is 19.0. The standard InChI is InChI=1S/C23H22ClF3N4O4S/c1-2-35-22(34)16-14(10-31-11-23(26,27)7-6-15(31)21(32)33)29-19(20-28-8-9-36-20)30-18(16)12-4-3-5-13(25)17(12)24/h3-5,8-9,15,18H,2,6-7,10-11H2,1H3,(H,29,30)(H,32,33)/t15-,18-/m0/s1. The van der Waals surface area contributed by atoms with Crippen LogP contribution in [0.1, 0.15) is 36.4 Å². The van der Waals surface area contributed by atoms with Crippen LogP contribution in [-0.2, 0) is 14.3 Å². The molecule has 0 unspecified atom stereocenters. The molecule has 1 aromatic heterocycles. The quantitative estimate of drug-likeness (QED) is 0.509. The second-order valence-electron chi connectivity index (χ2n) is 8.25. The van der Waals surface area contributed by atoms with Crippen molar-refractivity contribution in [3.05, 3.63) is 62.5 Å². The molecule has 192 valence electrons. The highest BCUT2D eigenvalue weighted by molar-refractivity contribution is 7.11. The molecule has 0 aliphatic carbocycles. The molecule has 13 heteroatoms. The number of carbonyl (C=O) groups excluding carboxylic acids is 1. The van der Waals surface area contributed by atoms with Crippen LogP contribution in [0.2, 0.25) is 5.02 Å². The van der Waals surface area contributed by atoms with Crippen LogP contribution in [0.3, 0.4) is 0 Å². The van der Waals surface area contributed by atoms with Gasteiger partial charge >= 0.3 is 11.9 Å². The van der Waals surface area contributed by atoms with Gasteiger partial charge in [-0.05, 0) is 19.4 Å². The van der Waals surface area contributed by atoms with Crippen molar-refractivity contribution in [2.45, 2.75) is 37.8 Å². The summed E-state index contributed by atoms with van der Waals surface area (Å²) in [6.45, 7) is 0.422. The minimum absolute atomic E-state index is 0.00179. The number of carbonyl (C=O) groups is 2. The van der Waals surface area contributed by atoms with Gasteiger partial charge in [0, 0.05) is 35.8 Å². The minimum atomic E-state index is -3.11. The molecule has 2 N–H and O–H groups in total. The number of carboxylic acids is 1. The highest BCUT2D eigenvalue weighted by Gasteiger charge is 2.44. The first kappa shape index (κ1) is 26.1. The summed E-state index contributed by atoms with van der Waals surface area (Å²) in [4.78, 5) is 34.9. The number of esters is 1. The summed E-state index contributed by atoms with van der Waals surface area (Å²) in [5.74, 6) is -5.71. The summed E-state index contributed by atoms with van der Waals surface area (Å²) in [6.07, 6.45) is 0.701. The number of aromatic nitrogens is 1. The van der Waals surface area contributed by atoms with Crippen LogP contribution in [0.15, 0.2) is 46.0 Å². The molecule has 2 aromatic rings. The van der Waals surface area contributed by atoms with Gasteiger partial charge in [0.05, 0.1) is 23.7 Å². The lowest BCUT2D eigenvalue weighted by Crippen LogP contribution is -2.54. The number of thiazole rings is 1. The summed E-state index contributed by atoms with van der Waals surface area (Å²) in [5.41, 5.74) is 0.178. The number of rotatable bonds is 7. The van der Waals surface area contributed by atoms with Crippen LogP contribution >= 0.6 is 22.9 Å². The van der Waals surface area contributed by atoms with Gasteiger partial charge in [0.25, 0.3) is 5.92 Å². The number of carboxylic acid groups (broad SMARTS) is 1. The number of halogens is 4. The van der Waals surface area contributed by atoms with E-state index in [-0.39, 0.29) is 47.3 Å². The highest BCUT2D eigenvalue weighted by Crippen LogP contribution is 2.38. The number of alkyl halides is 2. The van der Waals surface area contributed by atoms with Gasteiger partial charge in [-0.15, -0.1) is 11.3 Å². The second-order valence-corrected chi connectivity index (χ2v) is 9.52. The molecule has 3 heterocycles. The van der Waals surface area contributed by atoms with Gasteiger partial charge in [0.15, 0.2) is 10.8 Å². The average Bonchev–Trinajstić information content (AvgIpc) is 3.35. The highest BCUT2D eigenvalue weighted by atomic mass is 35.5. The van der Waals surface area contributed by atoms with Crippen LogP contribution in [0, 0.1) is 5.82 Å². The maximum Gasteiger partial charge on any atom is 0.338 e. The molecule has 2 atom stereocenters. The van der Waals surface area contributed by atoms with E-state index in [1.54, 1.807) is 12.3 Å². The van der Waals surface area contributed by atoms with Crippen molar-refractivity contribution in [2.24, 2.45) is 4.99 Å². The van der Waals surface area contributed by atoms with Gasteiger partial charge in [-0.1, -0.05) is 23.7 Å². The van der Waals surface area contributed by atoms with Gasteiger partial charge < -0.3 is 15.2 Å². The van der Waals surface area contributed by atoms with Crippen LogP contribution in [0.4, 0.5) is 13.2 Å². The zero-order valence-corrected chi connectivity index (χ0v) is 20.6. The fourth-order valence-electron chi connectivity index (χ4n) is 4.24. The van der Waals surface area contributed by atoms with Crippen molar-refractivity contribution in [3.8, 4) is 0 Å². The minimum Gasteiger partial charge on any atom is -0.480 e. The topological polar surface area (TPSA) is 104 Å². The third-order valence-electron chi connectivity index (χ3n) is 5.84. The van der Waals surface area contributed by atoms with Crippen LogP contribution in [0.25, 0.3) is 0 Å². The number of hydrogen-bond donors (Lipinski definition) is 2. The molecular weight excluding hydrogens is 521 g/mol. The number of amidine groups is 1. The first-order valence-electron chi connectivity index (χ1n) is 11.0. The Kier molecular flexibility index (Phi) is 7.67. The number of piperidine rings is 1. The van der Waals surface area contributed by atoms with Crippen LogP contribution in [0.5, 0.6) is 0 Å². The normalized spacial score (nSPS) is 22.1. The number of likely N-dealkylation sites (tertiary alicyclic amines) is 1. The van der Waals surface area contributed by atoms with Gasteiger partial charge in [-0.2, -0.15) is 0 Å². The Morgan fingerprint density at radius 3 is 2.83 bits per heavy atom. The lowest BCUT2D eigenvalue weighted by molar-refractivity contribution is -0.151. The Balaban J connectivity index is 1.86. The van der Waals surface area contributed by atoms with Crippen molar-refractivity contribution >= 4 is 40.7 Å². The summed E-state index contributed by atoms with van der Waals surface area (Å²) in [5, 5.41) is 14.5. The van der Waals surface area contributed by atoms with E-state index in [1.807, 2.05) is 0 Å². The number of nitrogens with zero attached hydrogens (tertiary/aromatic N) is 3. The van der Waals surface area contributed by atoms with E-state index in [9.17, 15) is 27.9 Å². The molecule has 4 rings (SSSR count). The van der Waals surface area contributed by atoms with E-state index < -0.39 is 48.7 Å². The van der Waals surface area contributed by atoms with Gasteiger partial charge in [0.2, 0.25) is 0 Å². The first-order valence-corrected chi connectivity index (χ1v) is 12.3. The molecule has 36 heavy (non-hydrogen) atoms. The summed E-state index contributed by atoms with van der Waals surface area (Å²) in [7, 11) is 0. The molecule has 0 bridgehead atoms. The molecule has 0 radical (unpaired) electrons. The molecule has 2 aliphatic heterocycles. The summed E-state index contributed by atoms with van der Waals surface area (Å²) < 4.78 is 48.2. The van der Waals surface area contributed by atoms with Crippen molar-refractivity contribution < 1.29 is 32.6 Å². The van der Waals surface area contributed by atoms with Gasteiger partial charge in [-0.25, -0.2) is 22.9 Å². The summed E-state index contributed by atoms with van der Waals surface area (Å²) in [6, 6.07) is 1.71. The Morgan fingerprint density at radius 1 is 1.39 bits per heavy atom. The van der Waals surface area contributed by atoms with E-state index in [2.05, 4.69) is 15.3 Å². The van der Waals surface area contributed by atoms with Gasteiger partial charge in [0.1, 0.15) is 17.9 Å². The number of aliphatic imine (C=N–C) groups is 1. The molecule has 1 fully saturated rings. The van der Waals surface area contributed by atoms with Crippen LogP contribution < -0.4 is 5.32 Å². The fourth-order valence-corrected chi connectivity index (χ4v) is 5.06. The predicted octanol–water partition coefficient (Wildman–Crippen LogP) is 4.03. The molecular formula is C23H22ClF3N4O4S. The van der Waals surface area contributed by atoms with E-state index in [1.165, 1.54) is 29.7 Å². The largest absolute Gasteiger partial charge is 0.480 e. The maximum atomic E-state index is 14.4. The molecule has 1 saturated heterocycles. The first-order chi connectivity index (χ1) is 17.1. The number of benzene rings is 1. The second kappa shape index (κ2) is 10.6. The lowest BCUT2D eigenvalue weighted by Gasteiger charge is -2.39. The Hall–Kier alpha value is -2.96. The molecule has 2 aliphatic rings. The third kappa shape index (κ3) is 5.40. The van der Waals surface area contributed by atoms with E-state index in [4.69, 9.17) is 16.3 Å². The number of hydrogen-bond acceptors (Lipinski definition) is 8. The molecule has 0 saturated carbocycles. The SMILES string of the molecule is CCOC(=O)C1=C(CN2CC(F)(F)CC[C@H]2C(=O)O)NC(c2nccs2)=N[C@H]1c1cccc(F)c1Cl. The number of aliphatic carboxylic acids is 1. The van der Waals surface area contributed by atoms with E-state index >= 15 is 0 Å². The smallest absolute Gasteiger partial charge is 0.338 e. The average molecular weight is 543 g/mol. The van der Waals surface area contributed by atoms with Crippen molar-refractivity contribution in [1.29, 1.82) is 0 Å². The predicted molar refractivity (Wildman–Crippen MR) is 127 cm³/mol. The molecule has 0 amide bonds. The van der Waals surface area contributed by atoms with E-state index in [0.29, 0.717) is 5.01 Å². The lowest BCUT2D eigenvalue weighted by atomic mass is 9.93. The fraction of sp³-hybridized carbons (Fsp3) is 0.391. The Labute approximate surface area is 213 Å². The zero-order chi connectivity index (χ0) is 26.0. The van der Waals surface area contributed by atoms with Crippen LogP contribution in [-0.4, -0.2) is 64.4 Å². The van der Waals surface area contributed by atoms with Crippen molar-refractivity contribution in [3.63, 3.8) is 0 Å². The molecule has 8 nitrogen and oxygen atoms in total. The van der Waals surface area contributed by atoms with E-state index in [0.717, 1.165) is 11.0 Å². The summed E-state index contributed by atoms with van der Waals surface area (Å²) >= 11 is 7.48. The Bertz CT molecular complexity index is 1220. The number of ether oxygens (including phenoxy) is 1. The van der Waals surface area contributed by atoms with Crippen molar-refractivity contribution in [1.82, 2.24) is 15.2 Å².